The van der Waals surface area contributed by atoms with Crippen molar-refractivity contribution in [1.29, 1.82) is 0 Å². The number of hydrogen-bond donors (Lipinski definition) is 3. The van der Waals surface area contributed by atoms with E-state index in [1.807, 2.05) is 66.7 Å². The fourth-order valence-corrected chi connectivity index (χ4v) is 7.29. The number of aromatic hydroxyl groups is 1. The van der Waals surface area contributed by atoms with Gasteiger partial charge in [0.05, 0.1) is 41.8 Å². The van der Waals surface area contributed by atoms with Crippen molar-refractivity contribution >= 4 is 45.6 Å². The zero-order valence-corrected chi connectivity index (χ0v) is 26.4. The zero-order valence-electron chi connectivity index (χ0n) is 26.4. The largest absolute Gasteiger partial charge is 0.507 e. The molecule has 3 N–H and O–H groups in total. The molecule has 1 saturated heterocycles. The van der Waals surface area contributed by atoms with Gasteiger partial charge in [0, 0.05) is 30.5 Å². The molecule has 0 spiro atoms. The third-order valence-corrected chi connectivity index (χ3v) is 9.45. The highest BCUT2D eigenvalue weighted by Gasteiger charge is 2.55. The van der Waals surface area contributed by atoms with Gasteiger partial charge in [0.25, 0.3) is 5.69 Å². The molecular formula is C38H36N2O8. The first-order valence-corrected chi connectivity index (χ1v) is 15.8. The van der Waals surface area contributed by atoms with E-state index in [1.165, 1.54) is 31.4 Å². The number of nitro groups is 1. The number of phenols is 1. The topological polar surface area (TPSA) is 150 Å². The van der Waals surface area contributed by atoms with Crippen LogP contribution >= 0.6 is 0 Å². The molecule has 2 amide bonds. The Labute approximate surface area is 277 Å². The molecule has 10 heteroatoms. The lowest BCUT2D eigenvalue weighted by Gasteiger charge is -2.36. The van der Waals surface area contributed by atoms with Crippen molar-refractivity contribution in [1.82, 2.24) is 0 Å². The van der Waals surface area contributed by atoms with Crippen molar-refractivity contribution in [2.45, 2.75) is 25.4 Å². The number of phenolic OH excluding ortho intramolecular Hbond substituents is 1. The molecule has 10 nitrogen and oxygen atoms in total. The minimum Gasteiger partial charge on any atom is -0.507 e. The van der Waals surface area contributed by atoms with Crippen molar-refractivity contribution in [3.63, 3.8) is 0 Å². The van der Waals surface area contributed by atoms with Crippen LogP contribution in [0.3, 0.4) is 0 Å². The summed E-state index contributed by atoms with van der Waals surface area (Å²) < 4.78 is 5.48. The molecule has 2 aliphatic rings. The number of allylic oxidation sites excluding steroid dienone is 1. The van der Waals surface area contributed by atoms with Gasteiger partial charge in [0.15, 0.2) is 0 Å². The minimum absolute atomic E-state index is 0.0973. The Bertz CT molecular complexity index is 1940. The van der Waals surface area contributed by atoms with Crippen LogP contribution in [0.2, 0.25) is 0 Å². The quantitative estimate of drug-likeness (QED) is 0.0599. The van der Waals surface area contributed by atoms with E-state index in [2.05, 4.69) is 0 Å². The van der Waals surface area contributed by atoms with Crippen molar-refractivity contribution < 1.29 is 34.6 Å². The lowest BCUT2D eigenvalue weighted by Crippen LogP contribution is -2.39. The summed E-state index contributed by atoms with van der Waals surface area (Å²) in [5, 5.41) is 46.0. The predicted molar refractivity (Wildman–Crippen MR) is 182 cm³/mol. The minimum atomic E-state index is -1.06. The molecule has 0 radical (unpaired) electrons. The summed E-state index contributed by atoms with van der Waals surface area (Å²) in [6.45, 7) is -0.380. The molecule has 1 aliphatic carbocycles. The number of ether oxygens (including phenoxy) is 1. The van der Waals surface area contributed by atoms with Crippen molar-refractivity contribution in [2.75, 3.05) is 25.2 Å². The summed E-state index contributed by atoms with van der Waals surface area (Å²) in [5.74, 6) is -3.48. The number of methoxy groups -OCH3 is 1. The summed E-state index contributed by atoms with van der Waals surface area (Å²) in [6.07, 6.45) is 1.82. The fraction of sp³-hybridized carbons (Fsp3) is 0.263. The maximum Gasteiger partial charge on any atom is 0.271 e. The van der Waals surface area contributed by atoms with Crippen LogP contribution in [-0.2, 0) is 14.3 Å². The molecule has 0 unspecified atom stereocenters. The Balaban J connectivity index is 1.32. The maximum atomic E-state index is 13.9. The maximum absolute atomic E-state index is 13.9. The number of carbonyl (C=O) groups is 2. The second-order valence-corrected chi connectivity index (χ2v) is 12.2. The van der Waals surface area contributed by atoms with Gasteiger partial charge in [-0.3, -0.25) is 19.7 Å². The van der Waals surface area contributed by atoms with Gasteiger partial charge in [-0.15, -0.1) is 0 Å². The Hall–Kier alpha value is -5.16. The normalized spacial score (nSPS) is 20.4. The number of aliphatic hydroxyl groups excluding tert-OH is 2. The Kier molecular flexibility index (Phi) is 9.49. The van der Waals surface area contributed by atoms with Gasteiger partial charge in [-0.05, 0) is 64.6 Å². The summed E-state index contributed by atoms with van der Waals surface area (Å²) in [6, 6.07) is 26.2. The highest BCUT2D eigenvalue weighted by Crippen LogP contribution is 2.47. The van der Waals surface area contributed by atoms with Crippen molar-refractivity contribution in [3.05, 3.63) is 123 Å². The number of fused-ring (bicyclic) bond motifs is 2. The fourth-order valence-electron chi connectivity index (χ4n) is 7.29. The molecule has 0 aromatic heterocycles. The third-order valence-electron chi connectivity index (χ3n) is 9.45. The molecule has 0 bridgehead atoms. The average Bonchev–Trinajstić information content (AvgIpc) is 3.35. The predicted octanol–water partition coefficient (Wildman–Crippen LogP) is 5.90. The van der Waals surface area contributed by atoms with E-state index >= 15 is 0 Å². The SMILES string of the molecule is COCC1=C([C@H](O)CC/C(=C/c2ccc(O)c3ccccc23)c2ccccc2)[C@H](CO)[C@@H]2C(=O)N(c3cccc([N+](=O)[O-])c3)C(=O)[C@@H]2C1. The second-order valence-electron chi connectivity index (χ2n) is 12.2. The molecule has 48 heavy (non-hydrogen) atoms. The molecule has 246 valence electrons. The monoisotopic (exact) mass is 648 g/mol. The first-order valence-electron chi connectivity index (χ1n) is 15.8. The number of nitro benzene ring substituents is 1. The molecule has 1 aliphatic heterocycles. The average molecular weight is 649 g/mol. The van der Waals surface area contributed by atoms with E-state index in [0.29, 0.717) is 17.6 Å². The van der Waals surface area contributed by atoms with Crippen molar-refractivity contribution in [3.8, 4) is 5.75 Å². The molecule has 0 saturated carbocycles. The molecule has 6 rings (SSSR count). The lowest BCUT2D eigenvalue weighted by molar-refractivity contribution is -0.384. The lowest BCUT2D eigenvalue weighted by atomic mass is 9.68. The number of non-ortho nitro benzene ring substituents is 1. The Morgan fingerprint density at radius 3 is 2.44 bits per heavy atom. The van der Waals surface area contributed by atoms with E-state index in [4.69, 9.17) is 4.74 Å². The molecule has 4 aromatic rings. The molecule has 1 heterocycles. The van der Waals surface area contributed by atoms with E-state index < -0.39 is 47.2 Å². The van der Waals surface area contributed by atoms with Crippen LogP contribution in [0.25, 0.3) is 22.4 Å². The van der Waals surface area contributed by atoms with E-state index in [0.717, 1.165) is 32.4 Å². The van der Waals surface area contributed by atoms with Gasteiger partial charge < -0.3 is 20.1 Å². The smallest absolute Gasteiger partial charge is 0.271 e. The number of anilines is 1. The standard InChI is InChI=1S/C38H36N2O8/c1-48-22-26-19-31-36(38(45)39(37(31)44)27-10-7-11-28(20-27)40(46)47)32(21-41)35(26)34(43)17-14-24(23-8-3-2-4-9-23)18-25-15-16-33(42)30-13-6-5-12-29(25)30/h2-13,15-16,18,20,31-32,34,36,41-43H,14,17,19,21-22H2,1H3/b24-18-/t31-,32+,34-,36-/m1/s1. The highest BCUT2D eigenvalue weighted by atomic mass is 16.6. The van der Waals surface area contributed by atoms with Crippen LogP contribution in [0.5, 0.6) is 5.75 Å². The summed E-state index contributed by atoms with van der Waals surface area (Å²) in [4.78, 5) is 39.4. The molecule has 1 fully saturated rings. The number of hydrogen-bond acceptors (Lipinski definition) is 8. The van der Waals surface area contributed by atoms with Gasteiger partial charge >= 0.3 is 0 Å². The number of benzene rings is 4. The zero-order chi connectivity index (χ0) is 33.9. The van der Waals surface area contributed by atoms with E-state index in [-0.39, 0.29) is 36.6 Å². The van der Waals surface area contributed by atoms with Crippen LogP contribution in [0.15, 0.2) is 102 Å². The van der Waals surface area contributed by atoms with Gasteiger partial charge in [0.1, 0.15) is 5.75 Å². The highest BCUT2D eigenvalue weighted by molar-refractivity contribution is 6.22. The summed E-state index contributed by atoms with van der Waals surface area (Å²) in [7, 11) is 1.51. The van der Waals surface area contributed by atoms with Crippen LogP contribution in [0.1, 0.15) is 30.4 Å². The second kappa shape index (κ2) is 13.9. The molecular weight excluding hydrogens is 612 g/mol. The first kappa shape index (κ1) is 32.8. The summed E-state index contributed by atoms with van der Waals surface area (Å²) >= 11 is 0. The van der Waals surface area contributed by atoms with Gasteiger partial charge in [0.2, 0.25) is 11.8 Å². The van der Waals surface area contributed by atoms with Crippen LogP contribution in [-0.4, -0.2) is 58.5 Å². The van der Waals surface area contributed by atoms with Crippen molar-refractivity contribution in [2.24, 2.45) is 17.8 Å². The van der Waals surface area contributed by atoms with E-state index in [9.17, 15) is 35.0 Å². The number of rotatable bonds is 11. The number of amides is 2. The Morgan fingerprint density at radius 2 is 1.73 bits per heavy atom. The summed E-state index contributed by atoms with van der Waals surface area (Å²) in [5.41, 5.74) is 3.80. The number of carbonyl (C=O) groups excluding carboxylic acids is 2. The number of aliphatic hydroxyl groups is 2. The van der Waals surface area contributed by atoms with Gasteiger partial charge in [-0.25, -0.2) is 4.90 Å². The number of imide groups is 1. The molecule has 4 aromatic carbocycles. The van der Waals surface area contributed by atoms with Crippen LogP contribution < -0.4 is 4.90 Å². The van der Waals surface area contributed by atoms with E-state index in [1.54, 1.807) is 6.07 Å². The number of nitrogens with zero attached hydrogens (tertiary/aromatic N) is 2. The van der Waals surface area contributed by atoms with Gasteiger partial charge in [-0.1, -0.05) is 72.8 Å². The van der Waals surface area contributed by atoms with Gasteiger partial charge in [-0.2, -0.15) is 0 Å². The Morgan fingerprint density at radius 1 is 1.00 bits per heavy atom. The van der Waals surface area contributed by atoms with Crippen LogP contribution in [0.4, 0.5) is 11.4 Å². The first-order chi connectivity index (χ1) is 23.2. The molecule has 4 atom stereocenters. The third kappa shape index (κ3) is 6.13. The van der Waals surface area contributed by atoms with Crippen LogP contribution in [0, 0.1) is 27.9 Å².